The maximum Gasteiger partial charge on any atom is 0.332 e. The Morgan fingerprint density at radius 1 is 1.21 bits per heavy atom. The van der Waals surface area contributed by atoms with Gasteiger partial charge in [-0.05, 0) is 6.92 Å². The van der Waals surface area contributed by atoms with Gasteiger partial charge >= 0.3 is 11.9 Å². The summed E-state index contributed by atoms with van der Waals surface area (Å²) >= 11 is 0. The molecular weight excluding hydrogens is 188 g/mol. The molecule has 2 atom stereocenters. The van der Waals surface area contributed by atoms with Gasteiger partial charge in [-0.15, -0.1) is 0 Å². The van der Waals surface area contributed by atoms with Crippen LogP contribution >= 0.6 is 0 Å². The summed E-state index contributed by atoms with van der Waals surface area (Å²) in [7, 11) is 0. The molecule has 1 N–H and O–H groups in total. The number of carbonyl (C=O) groups excluding carboxylic acids is 2. The molecule has 0 amide bonds. The van der Waals surface area contributed by atoms with Crippen LogP contribution in [0.3, 0.4) is 0 Å². The fourth-order valence-corrected chi connectivity index (χ4v) is 0.552. The van der Waals surface area contributed by atoms with Gasteiger partial charge in [0.05, 0.1) is 0 Å². The minimum atomic E-state index is -1.51. The van der Waals surface area contributed by atoms with E-state index >= 15 is 0 Å². The Bertz CT molecular complexity index is 220. The van der Waals surface area contributed by atoms with Gasteiger partial charge in [-0.25, -0.2) is 9.59 Å². The Balaban J connectivity index is 4.04. The summed E-state index contributed by atoms with van der Waals surface area (Å²) in [5.74, 6) is -1.50. The molecule has 5 heteroatoms. The van der Waals surface area contributed by atoms with E-state index in [1.54, 1.807) is 0 Å². The van der Waals surface area contributed by atoms with Crippen molar-refractivity contribution in [1.29, 1.82) is 0 Å². The molecule has 0 fully saturated rings. The predicted octanol–water partition coefficient (Wildman–Crippen LogP) is 0.152. The summed E-state index contributed by atoms with van der Waals surface area (Å²) in [4.78, 5) is 21.3. The van der Waals surface area contributed by atoms with Crippen LogP contribution < -0.4 is 0 Å². The van der Waals surface area contributed by atoms with E-state index in [0.29, 0.717) is 0 Å². The number of ether oxygens (including phenoxy) is 2. The highest BCUT2D eigenvalue weighted by molar-refractivity contribution is 5.82. The van der Waals surface area contributed by atoms with Crippen LogP contribution in [0.5, 0.6) is 0 Å². The van der Waals surface area contributed by atoms with Crippen molar-refractivity contribution in [1.82, 2.24) is 0 Å². The van der Waals surface area contributed by atoms with Crippen molar-refractivity contribution in [2.45, 2.75) is 19.3 Å². The van der Waals surface area contributed by atoms with E-state index in [0.717, 1.165) is 12.2 Å². The number of hydrogen-bond acceptors (Lipinski definition) is 5. The first-order valence-corrected chi connectivity index (χ1v) is 3.85. The number of aliphatic hydroxyl groups excluding tert-OH is 1. The molecule has 2 unspecified atom stereocenters. The van der Waals surface area contributed by atoms with Gasteiger partial charge in [-0.3, -0.25) is 0 Å². The average molecular weight is 200 g/mol. The first kappa shape index (κ1) is 12.4. The Morgan fingerprint density at radius 3 is 2.07 bits per heavy atom. The van der Waals surface area contributed by atoms with Crippen molar-refractivity contribution >= 4 is 11.9 Å². The smallest absolute Gasteiger partial charge is 0.332 e. The third-order valence-corrected chi connectivity index (χ3v) is 1.27. The molecule has 0 rings (SSSR count). The van der Waals surface area contributed by atoms with Crippen molar-refractivity contribution in [3.05, 3.63) is 25.3 Å². The number of hydrogen-bond donors (Lipinski definition) is 1. The minimum absolute atomic E-state index is 0.703. The second-order valence-corrected chi connectivity index (χ2v) is 2.38. The van der Waals surface area contributed by atoms with Gasteiger partial charge in [0, 0.05) is 12.2 Å². The normalized spacial score (nSPS) is 13.6. The molecule has 0 spiro atoms. The second-order valence-electron chi connectivity index (χ2n) is 2.38. The maximum atomic E-state index is 10.7. The predicted molar refractivity (Wildman–Crippen MR) is 48.0 cm³/mol. The molecule has 0 aliphatic carbocycles. The Kier molecular flexibility index (Phi) is 5.24. The maximum absolute atomic E-state index is 10.7. The fourth-order valence-electron chi connectivity index (χ4n) is 0.552. The largest absolute Gasteiger partial charge is 0.453 e. The molecule has 0 bridgehead atoms. The zero-order valence-electron chi connectivity index (χ0n) is 7.80. The van der Waals surface area contributed by atoms with Crippen LogP contribution in [-0.4, -0.2) is 29.4 Å². The third-order valence-electron chi connectivity index (χ3n) is 1.27. The molecule has 0 radical (unpaired) electrons. The minimum Gasteiger partial charge on any atom is -0.453 e. The van der Waals surface area contributed by atoms with Crippen LogP contribution in [-0.2, 0) is 19.1 Å². The van der Waals surface area contributed by atoms with Crippen LogP contribution in [0.15, 0.2) is 25.3 Å². The highest BCUT2D eigenvalue weighted by Crippen LogP contribution is 2.02. The second kappa shape index (κ2) is 5.93. The monoisotopic (exact) mass is 200 g/mol. The average Bonchev–Trinajstić information content (AvgIpc) is 2.17. The van der Waals surface area contributed by atoms with Crippen LogP contribution in [0.25, 0.3) is 0 Å². The number of rotatable bonds is 5. The lowest BCUT2D eigenvalue weighted by atomic mass is 10.4. The van der Waals surface area contributed by atoms with Crippen LogP contribution in [0.4, 0.5) is 0 Å². The zero-order valence-corrected chi connectivity index (χ0v) is 7.80. The summed E-state index contributed by atoms with van der Waals surface area (Å²) in [6.45, 7) is 7.69. The van der Waals surface area contributed by atoms with E-state index in [-0.39, 0.29) is 0 Å². The number of carbonyl (C=O) groups is 2. The van der Waals surface area contributed by atoms with Crippen LogP contribution in [0, 0.1) is 0 Å². The topological polar surface area (TPSA) is 72.8 Å². The molecule has 5 nitrogen and oxygen atoms in total. The van der Waals surface area contributed by atoms with Gasteiger partial charge in [0.15, 0.2) is 6.10 Å². The Morgan fingerprint density at radius 2 is 1.64 bits per heavy atom. The van der Waals surface area contributed by atoms with Crippen molar-refractivity contribution in [2.75, 3.05) is 0 Å². The molecule has 0 heterocycles. The van der Waals surface area contributed by atoms with E-state index in [1.165, 1.54) is 6.92 Å². The van der Waals surface area contributed by atoms with Crippen molar-refractivity contribution in [3.8, 4) is 0 Å². The van der Waals surface area contributed by atoms with Gasteiger partial charge in [-0.2, -0.15) is 0 Å². The lowest BCUT2D eigenvalue weighted by molar-refractivity contribution is -0.189. The highest BCUT2D eigenvalue weighted by Gasteiger charge is 2.20. The number of aliphatic hydroxyl groups is 1. The summed E-state index contributed by atoms with van der Waals surface area (Å²) in [5.41, 5.74) is 0. The SMILES string of the molecule is C=CC(=O)OC(C)C(O)OC(=O)C=C. The van der Waals surface area contributed by atoms with E-state index < -0.39 is 24.3 Å². The Labute approximate surface area is 81.6 Å². The highest BCUT2D eigenvalue weighted by atomic mass is 16.7. The first-order chi connectivity index (χ1) is 6.51. The van der Waals surface area contributed by atoms with Gasteiger partial charge in [0.1, 0.15) is 0 Å². The summed E-state index contributed by atoms with van der Waals surface area (Å²) in [6, 6.07) is 0. The summed E-state index contributed by atoms with van der Waals surface area (Å²) in [5, 5.41) is 9.16. The van der Waals surface area contributed by atoms with Gasteiger partial charge in [0.25, 0.3) is 0 Å². The molecule has 0 aromatic carbocycles. The van der Waals surface area contributed by atoms with Crippen LogP contribution in [0.2, 0.25) is 0 Å². The van der Waals surface area contributed by atoms with Gasteiger partial charge in [0.2, 0.25) is 6.29 Å². The molecule has 0 aliphatic heterocycles. The first-order valence-electron chi connectivity index (χ1n) is 3.85. The van der Waals surface area contributed by atoms with E-state index in [9.17, 15) is 9.59 Å². The lowest BCUT2D eigenvalue weighted by Gasteiger charge is -2.17. The summed E-state index contributed by atoms with van der Waals surface area (Å²) in [6.07, 6.45) is -0.627. The Hall–Kier alpha value is -1.62. The summed E-state index contributed by atoms with van der Waals surface area (Å²) < 4.78 is 8.98. The number of esters is 2. The quantitative estimate of drug-likeness (QED) is 0.388. The zero-order chi connectivity index (χ0) is 11.1. The third kappa shape index (κ3) is 4.42. The van der Waals surface area contributed by atoms with E-state index in [2.05, 4.69) is 22.6 Å². The molecular formula is C9H12O5. The molecule has 0 aromatic heterocycles. The van der Waals surface area contributed by atoms with Crippen molar-refractivity contribution in [2.24, 2.45) is 0 Å². The van der Waals surface area contributed by atoms with Gasteiger partial charge in [-0.1, -0.05) is 13.2 Å². The molecule has 78 valence electrons. The van der Waals surface area contributed by atoms with Crippen molar-refractivity contribution < 1.29 is 24.2 Å². The van der Waals surface area contributed by atoms with Crippen LogP contribution in [0.1, 0.15) is 6.92 Å². The van der Waals surface area contributed by atoms with E-state index in [1.807, 2.05) is 0 Å². The lowest BCUT2D eigenvalue weighted by Crippen LogP contribution is -2.31. The molecule has 0 saturated carbocycles. The fraction of sp³-hybridized carbons (Fsp3) is 0.333. The molecule has 0 aliphatic rings. The molecule has 0 aromatic rings. The molecule has 0 saturated heterocycles. The standard InChI is InChI=1S/C9H12O5/c1-4-7(10)13-6(3)9(12)14-8(11)5-2/h4-6,9,12H,1-2H2,3H3. The molecule has 14 heavy (non-hydrogen) atoms. The van der Waals surface area contributed by atoms with Crippen molar-refractivity contribution in [3.63, 3.8) is 0 Å². The van der Waals surface area contributed by atoms with Gasteiger partial charge < -0.3 is 14.6 Å². The van der Waals surface area contributed by atoms with E-state index in [4.69, 9.17) is 5.11 Å².